The highest BCUT2D eigenvalue weighted by Gasteiger charge is 2.40. The van der Waals surface area contributed by atoms with Gasteiger partial charge in [0.1, 0.15) is 5.75 Å². The summed E-state index contributed by atoms with van der Waals surface area (Å²) in [6, 6.07) is 6.59. The van der Waals surface area contributed by atoms with E-state index in [1.54, 1.807) is 0 Å². The number of hydrogen-bond acceptors (Lipinski definition) is 1. The van der Waals surface area contributed by atoms with Crippen LogP contribution in [0.1, 0.15) is 207 Å². The van der Waals surface area contributed by atoms with Crippen LogP contribution in [-0.2, 0) is 0 Å². The molecule has 1 aliphatic carbocycles. The Kier molecular flexibility index (Phi) is 16.5. The van der Waals surface area contributed by atoms with Crippen LogP contribution >= 0.6 is 0 Å². The van der Waals surface area contributed by atoms with E-state index in [1.807, 2.05) is 6.07 Å². The topological polar surface area (TPSA) is 20.2 Å². The third-order valence-corrected chi connectivity index (χ3v) is 10.7. The molecular weight excluding hydrogens is 496 g/mol. The molecule has 1 fully saturated rings. The quantitative estimate of drug-likeness (QED) is 0.165. The van der Waals surface area contributed by atoms with Crippen molar-refractivity contribution in [3.8, 4) is 5.75 Å². The number of phenolic OH excluding ortho intramolecular Hbond substituents is 1. The van der Waals surface area contributed by atoms with Crippen molar-refractivity contribution in [2.45, 2.75) is 196 Å². The summed E-state index contributed by atoms with van der Waals surface area (Å²) >= 11 is 0. The molecule has 238 valence electrons. The fourth-order valence-corrected chi connectivity index (χ4v) is 7.36. The van der Waals surface area contributed by atoms with Gasteiger partial charge in [-0.1, -0.05) is 170 Å². The highest BCUT2D eigenvalue weighted by Crippen LogP contribution is 2.52. The van der Waals surface area contributed by atoms with Crippen LogP contribution in [0.3, 0.4) is 0 Å². The van der Waals surface area contributed by atoms with Crippen LogP contribution in [0.15, 0.2) is 18.2 Å². The molecule has 0 spiro atoms. The summed E-state index contributed by atoms with van der Waals surface area (Å²) in [6.45, 7) is 19.2. The van der Waals surface area contributed by atoms with Gasteiger partial charge >= 0.3 is 0 Å². The largest absolute Gasteiger partial charge is 0.508 e. The Morgan fingerprint density at radius 3 is 1.46 bits per heavy atom. The van der Waals surface area contributed by atoms with Crippen molar-refractivity contribution in [3.05, 3.63) is 29.3 Å². The van der Waals surface area contributed by atoms with E-state index in [9.17, 15) is 5.11 Å². The minimum absolute atomic E-state index is 0.315. The average molecular weight is 569 g/mol. The summed E-state index contributed by atoms with van der Waals surface area (Å²) in [5.41, 5.74) is 3.29. The molecule has 0 saturated heterocycles. The lowest BCUT2D eigenvalue weighted by Crippen LogP contribution is -2.35. The van der Waals surface area contributed by atoms with Gasteiger partial charge in [-0.05, 0) is 77.4 Å². The van der Waals surface area contributed by atoms with Gasteiger partial charge in [0.2, 0.25) is 0 Å². The SMILES string of the molecule is CCCCCCCCCCCCCCCCCCC(C)c1ccc(O)c(C2CC(C(C)(C)C)CC(C(C)(C)C)C2)c1. The van der Waals surface area contributed by atoms with Gasteiger partial charge in [-0.2, -0.15) is 0 Å². The summed E-state index contributed by atoms with van der Waals surface area (Å²) in [7, 11) is 0. The minimum atomic E-state index is 0.315. The van der Waals surface area contributed by atoms with Crippen LogP contribution in [-0.4, -0.2) is 5.11 Å². The second-order valence-electron chi connectivity index (χ2n) is 16.3. The number of aromatic hydroxyl groups is 1. The van der Waals surface area contributed by atoms with Gasteiger partial charge < -0.3 is 5.11 Å². The molecule has 0 heterocycles. The molecule has 1 N–H and O–H groups in total. The van der Waals surface area contributed by atoms with Crippen LogP contribution in [0.5, 0.6) is 5.75 Å². The van der Waals surface area contributed by atoms with Gasteiger partial charge in [-0.25, -0.2) is 0 Å². The highest BCUT2D eigenvalue weighted by molar-refractivity contribution is 5.40. The zero-order valence-electron chi connectivity index (χ0n) is 29.1. The maximum absolute atomic E-state index is 11.0. The second kappa shape index (κ2) is 18.6. The lowest BCUT2D eigenvalue weighted by molar-refractivity contribution is 0.0696. The highest BCUT2D eigenvalue weighted by atomic mass is 16.3. The van der Waals surface area contributed by atoms with Gasteiger partial charge in [-0.3, -0.25) is 0 Å². The molecule has 1 heteroatoms. The predicted molar refractivity (Wildman–Crippen MR) is 183 cm³/mol. The van der Waals surface area contributed by atoms with E-state index in [0.29, 0.717) is 40.3 Å². The van der Waals surface area contributed by atoms with Gasteiger partial charge in [0, 0.05) is 0 Å². The van der Waals surface area contributed by atoms with Crippen molar-refractivity contribution in [3.63, 3.8) is 0 Å². The summed E-state index contributed by atoms with van der Waals surface area (Å²) < 4.78 is 0. The van der Waals surface area contributed by atoms with Crippen LogP contribution in [0.4, 0.5) is 0 Å². The first-order valence-electron chi connectivity index (χ1n) is 18.3. The molecule has 1 aromatic rings. The van der Waals surface area contributed by atoms with E-state index in [2.05, 4.69) is 67.5 Å². The zero-order valence-corrected chi connectivity index (χ0v) is 29.1. The van der Waals surface area contributed by atoms with Crippen LogP contribution in [0, 0.1) is 22.7 Å². The van der Waals surface area contributed by atoms with Gasteiger partial charge in [0.25, 0.3) is 0 Å². The van der Waals surface area contributed by atoms with E-state index in [-0.39, 0.29) is 0 Å². The number of phenols is 1. The fraction of sp³-hybridized carbons (Fsp3) is 0.850. The maximum Gasteiger partial charge on any atom is 0.119 e. The van der Waals surface area contributed by atoms with Crippen molar-refractivity contribution in [2.75, 3.05) is 0 Å². The van der Waals surface area contributed by atoms with Crippen molar-refractivity contribution in [1.29, 1.82) is 0 Å². The standard InChI is InChI=1S/C40H72O/c1-9-10-11-12-13-14-15-16-17-18-19-20-21-22-23-24-25-32(2)33-26-27-38(41)37(30-33)34-28-35(39(3,4)5)31-36(29-34)40(6,7)8/h26-27,30,32,34-36,41H,9-25,28-29,31H2,1-8H3. The van der Waals surface area contributed by atoms with E-state index in [1.165, 1.54) is 140 Å². The fourth-order valence-electron chi connectivity index (χ4n) is 7.36. The summed E-state index contributed by atoms with van der Waals surface area (Å²) in [5, 5.41) is 11.0. The molecule has 1 aliphatic rings. The van der Waals surface area contributed by atoms with Crippen LogP contribution < -0.4 is 0 Å². The molecule has 0 radical (unpaired) electrons. The predicted octanol–water partition coefficient (Wildman–Crippen LogP) is 13.7. The van der Waals surface area contributed by atoms with Gasteiger partial charge in [-0.15, -0.1) is 0 Å². The van der Waals surface area contributed by atoms with Crippen LogP contribution in [0.2, 0.25) is 0 Å². The average Bonchev–Trinajstić information content (AvgIpc) is 2.91. The van der Waals surface area contributed by atoms with E-state index >= 15 is 0 Å². The third kappa shape index (κ3) is 13.9. The van der Waals surface area contributed by atoms with E-state index in [4.69, 9.17) is 0 Å². The Morgan fingerprint density at radius 2 is 1.05 bits per heavy atom. The molecule has 1 saturated carbocycles. The molecule has 0 aliphatic heterocycles. The molecule has 3 unspecified atom stereocenters. The zero-order chi connectivity index (χ0) is 30.3. The first-order valence-corrected chi connectivity index (χ1v) is 18.3. The molecule has 41 heavy (non-hydrogen) atoms. The molecule has 0 aromatic heterocycles. The number of hydrogen-bond donors (Lipinski definition) is 1. The number of benzene rings is 1. The number of rotatable bonds is 19. The third-order valence-electron chi connectivity index (χ3n) is 10.7. The lowest BCUT2D eigenvalue weighted by Gasteiger charge is -2.46. The normalized spacial score (nSPS) is 20.8. The van der Waals surface area contributed by atoms with Crippen molar-refractivity contribution in [2.24, 2.45) is 22.7 Å². The number of unbranched alkanes of at least 4 members (excludes halogenated alkanes) is 15. The Balaban J connectivity index is 1.69. The van der Waals surface area contributed by atoms with Gasteiger partial charge in [0.15, 0.2) is 0 Å². The monoisotopic (exact) mass is 569 g/mol. The van der Waals surface area contributed by atoms with Crippen molar-refractivity contribution < 1.29 is 5.11 Å². The van der Waals surface area contributed by atoms with Crippen molar-refractivity contribution in [1.82, 2.24) is 0 Å². The Morgan fingerprint density at radius 1 is 0.634 bits per heavy atom. The van der Waals surface area contributed by atoms with E-state index in [0.717, 1.165) is 0 Å². The minimum Gasteiger partial charge on any atom is -0.508 e. The Hall–Kier alpha value is -0.980. The summed E-state index contributed by atoms with van der Waals surface area (Å²) in [4.78, 5) is 0. The molecule has 0 bridgehead atoms. The van der Waals surface area contributed by atoms with Crippen LogP contribution in [0.25, 0.3) is 0 Å². The second-order valence-corrected chi connectivity index (χ2v) is 16.3. The smallest absolute Gasteiger partial charge is 0.119 e. The summed E-state index contributed by atoms with van der Waals surface area (Å²) in [5.74, 6) is 2.98. The van der Waals surface area contributed by atoms with Crippen molar-refractivity contribution >= 4 is 0 Å². The Bertz CT molecular complexity index is 787. The molecule has 3 atom stereocenters. The van der Waals surface area contributed by atoms with E-state index < -0.39 is 0 Å². The molecule has 2 rings (SSSR count). The first kappa shape index (κ1) is 36.2. The molecule has 0 amide bonds. The first-order chi connectivity index (χ1) is 19.4. The molecule has 1 nitrogen and oxygen atoms in total. The van der Waals surface area contributed by atoms with Gasteiger partial charge in [0.05, 0.1) is 0 Å². The summed E-state index contributed by atoms with van der Waals surface area (Å²) in [6.07, 6.45) is 27.8. The molecule has 1 aromatic carbocycles. The Labute approximate surface area is 258 Å². The molecular formula is C40H72O. The lowest BCUT2D eigenvalue weighted by atomic mass is 9.59. The maximum atomic E-state index is 11.0.